The molecule has 0 fully saturated rings. The summed E-state index contributed by atoms with van der Waals surface area (Å²) in [6.45, 7) is 2.30. The molecule has 0 atom stereocenters. The van der Waals surface area contributed by atoms with Crippen molar-refractivity contribution in [2.45, 2.75) is 20.0 Å². The minimum atomic E-state index is -4.70. The Morgan fingerprint density at radius 1 is 1.18 bits per heavy atom. The Labute approximate surface area is 195 Å². The van der Waals surface area contributed by atoms with E-state index in [1.807, 2.05) is 0 Å². The highest BCUT2D eigenvalue weighted by Crippen LogP contribution is 2.36. The van der Waals surface area contributed by atoms with Gasteiger partial charge in [-0.05, 0) is 38.1 Å². The number of aryl methyl sites for hydroxylation is 2. The molecular formula is C20H18ClF3N6O4. The number of amides is 2. The minimum absolute atomic E-state index is 0.147. The molecule has 0 unspecified atom stereocenters. The maximum atomic E-state index is 12.9. The molecule has 1 N–H and O–H groups in total. The van der Waals surface area contributed by atoms with E-state index in [1.54, 1.807) is 19.9 Å². The van der Waals surface area contributed by atoms with Crippen molar-refractivity contribution in [1.82, 2.24) is 24.5 Å². The predicted molar refractivity (Wildman–Crippen MR) is 113 cm³/mol. The van der Waals surface area contributed by atoms with Crippen LogP contribution in [-0.4, -0.2) is 62.5 Å². The zero-order valence-corrected chi connectivity index (χ0v) is 18.9. The molecule has 2 heterocycles. The van der Waals surface area contributed by atoms with Crippen molar-refractivity contribution < 1.29 is 32.3 Å². The van der Waals surface area contributed by atoms with Gasteiger partial charge in [-0.1, -0.05) is 11.6 Å². The van der Waals surface area contributed by atoms with E-state index >= 15 is 0 Å². The van der Waals surface area contributed by atoms with Crippen LogP contribution in [0.5, 0.6) is 0 Å². The first-order valence-electron chi connectivity index (χ1n) is 9.64. The number of carbonyl (C=O) groups is 3. The summed E-state index contributed by atoms with van der Waals surface area (Å²) in [7, 11) is 1.26. The van der Waals surface area contributed by atoms with Gasteiger partial charge in [-0.3, -0.25) is 9.59 Å². The molecule has 0 saturated heterocycles. The molecule has 0 saturated carbocycles. The summed E-state index contributed by atoms with van der Waals surface area (Å²) < 4.78 is 45.1. The van der Waals surface area contributed by atoms with Crippen LogP contribution in [0.25, 0.3) is 5.78 Å². The van der Waals surface area contributed by atoms with Crippen LogP contribution in [0.15, 0.2) is 24.3 Å². The number of carbonyl (C=O) groups excluding carboxylic acids is 3. The van der Waals surface area contributed by atoms with Crippen LogP contribution in [0.3, 0.4) is 0 Å². The average molecular weight is 499 g/mol. The molecule has 180 valence electrons. The first kappa shape index (κ1) is 24.9. The highest BCUT2D eigenvalue weighted by atomic mass is 35.5. The van der Waals surface area contributed by atoms with E-state index in [1.165, 1.54) is 17.6 Å². The Morgan fingerprint density at radius 3 is 2.56 bits per heavy atom. The zero-order chi connectivity index (χ0) is 25.2. The fraction of sp³-hybridized carbons (Fsp3) is 0.300. The van der Waals surface area contributed by atoms with E-state index in [-0.39, 0.29) is 17.3 Å². The van der Waals surface area contributed by atoms with Gasteiger partial charge in [-0.25, -0.2) is 14.3 Å². The summed E-state index contributed by atoms with van der Waals surface area (Å²) in [6.07, 6.45) is -4.70. The van der Waals surface area contributed by atoms with Gasteiger partial charge in [-0.2, -0.15) is 18.2 Å². The van der Waals surface area contributed by atoms with Crippen molar-refractivity contribution >= 4 is 40.8 Å². The molecule has 14 heteroatoms. The number of anilines is 1. The lowest BCUT2D eigenvalue weighted by Crippen LogP contribution is -2.37. The molecule has 2 aromatic heterocycles. The van der Waals surface area contributed by atoms with Crippen LogP contribution in [0.2, 0.25) is 5.02 Å². The number of esters is 1. The molecule has 0 aliphatic heterocycles. The van der Waals surface area contributed by atoms with E-state index in [9.17, 15) is 27.6 Å². The molecular weight excluding hydrogens is 481 g/mol. The number of aromatic nitrogens is 4. The Bertz CT molecular complexity index is 1280. The maximum Gasteiger partial charge on any atom is 0.417 e. The lowest BCUT2D eigenvalue weighted by molar-refractivity contribution is -0.137. The summed E-state index contributed by atoms with van der Waals surface area (Å²) in [4.78, 5) is 45.6. The highest BCUT2D eigenvalue weighted by molar-refractivity contribution is 6.31. The van der Waals surface area contributed by atoms with Crippen LogP contribution in [0, 0.1) is 13.8 Å². The first-order valence-corrected chi connectivity index (χ1v) is 10.0. The van der Waals surface area contributed by atoms with E-state index in [2.05, 4.69) is 20.4 Å². The largest absolute Gasteiger partial charge is 0.450 e. The second-order valence-electron chi connectivity index (χ2n) is 7.25. The molecule has 34 heavy (non-hydrogen) atoms. The molecule has 2 amide bonds. The quantitative estimate of drug-likeness (QED) is 0.519. The van der Waals surface area contributed by atoms with Gasteiger partial charge in [-0.15, -0.1) is 5.10 Å². The maximum absolute atomic E-state index is 12.9. The highest BCUT2D eigenvalue weighted by Gasteiger charge is 2.33. The third-order valence-electron chi connectivity index (χ3n) is 4.49. The predicted octanol–water partition coefficient (Wildman–Crippen LogP) is 2.67. The van der Waals surface area contributed by atoms with E-state index in [0.29, 0.717) is 17.5 Å². The fourth-order valence-corrected chi connectivity index (χ4v) is 3.10. The Morgan fingerprint density at radius 2 is 1.88 bits per heavy atom. The summed E-state index contributed by atoms with van der Waals surface area (Å²) in [5.74, 6) is -2.56. The van der Waals surface area contributed by atoms with Crippen LogP contribution in [-0.2, 0) is 20.5 Å². The number of halogens is 4. The second kappa shape index (κ2) is 9.63. The molecule has 0 aliphatic carbocycles. The number of benzene rings is 1. The van der Waals surface area contributed by atoms with Gasteiger partial charge >= 0.3 is 12.1 Å². The smallest absolute Gasteiger partial charge is 0.417 e. The van der Waals surface area contributed by atoms with Gasteiger partial charge in [0, 0.05) is 24.1 Å². The molecule has 0 radical (unpaired) electrons. The van der Waals surface area contributed by atoms with E-state index in [0.717, 1.165) is 11.0 Å². The first-order chi connectivity index (χ1) is 15.8. The van der Waals surface area contributed by atoms with E-state index < -0.39 is 47.7 Å². The molecule has 3 aromatic rings. The normalized spacial score (nSPS) is 11.4. The van der Waals surface area contributed by atoms with Gasteiger partial charge in [0.05, 0.1) is 17.1 Å². The lowest BCUT2D eigenvalue weighted by Gasteiger charge is -2.17. The third-order valence-corrected chi connectivity index (χ3v) is 4.82. The molecule has 10 nitrogen and oxygen atoms in total. The number of alkyl halides is 3. The average Bonchev–Trinajstić information content (AvgIpc) is 3.16. The zero-order valence-electron chi connectivity index (χ0n) is 18.1. The summed E-state index contributed by atoms with van der Waals surface area (Å²) in [5.41, 5.74) is 0.120. The molecule has 0 aliphatic rings. The van der Waals surface area contributed by atoms with Crippen LogP contribution in [0.4, 0.5) is 18.9 Å². The molecule has 3 rings (SSSR count). The summed E-state index contributed by atoms with van der Waals surface area (Å²) in [6, 6.07) is 4.62. The number of rotatable bonds is 6. The Hall–Kier alpha value is -3.74. The number of ether oxygens (including phenoxy) is 1. The van der Waals surface area contributed by atoms with Crippen molar-refractivity contribution in [1.29, 1.82) is 0 Å². The number of likely N-dealkylation sites (N-methyl/N-ethyl adjacent to an activating group) is 1. The Balaban J connectivity index is 1.55. The van der Waals surface area contributed by atoms with Crippen molar-refractivity contribution in [3.63, 3.8) is 0 Å². The van der Waals surface area contributed by atoms with Gasteiger partial charge in [0.25, 0.3) is 17.5 Å². The van der Waals surface area contributed by atoms with Gasteiger partial charge < -0.3 is 15.0 Å². The van der Waals surface area contributed by atoms with Crippen molar-refractivity contribution in [3.05, 3.63) is 52.1 Å². The van der Waals surface area contributed by atoms with Gasteiger partial charge in [0.15, 0.2) is 6.61 Å². The number of fused-ring (bicyclic) bond motifs is 1. The van der Waals surface area contributed by atoms with Gasteiger partial charge in [0.2, 0.25) is 5.91 Å². The van der Waals surface area contributed by atoms with Gasteiger partial charge in [0.1, 0.15) is 0 Å². The molecule has 0 bridgehead atoms. The Kier molecular flexibility index (Phi) is 7.05. The monoisotopic (exact) mass is 498 g/mol. The van der Waals surface area contributed by atoms with Crippen molar-refractivity contribution in [2.75, 3.05) is 25.5 Å². The molecule has 1 aromatic carbocycles. The standard InChI is InChI=1S/C20H18ClF3N6O4/c1-10-6-11(2)30-19(25-10)27-17(28-30)18(33)34-9-16(32)29(3)8-15(31)26-12-4-5-14(21)13(7-12)20(22,23)24/h4-7H,8-9H2,1-3H3,(H,26,31). The number of nitrogens with one attached hydrogen (secondary N) is 1. The van der Waals surface area contributed by atoms with Crippen LogP contribution < -0.4 is 5.32 Å². The number of hydrogen-bond donors (Lipinski definition) is 1. The summed E-state index contributed by atoms with van der Waals surface area (Å²) >= 11 is 5.54. The third kappa shape index (κ3) is 5.78. The van der Waals surface area contributed by atoms with Crippen LogP contribution in [0.1, 0.15) is 27.6 Å². The number of nitrogens with zero attached hydrogens (tertiary/aromatic N) is 5. The SMILES string of the molecule is Cc1cc(C)n2nc(C(=O)OCC(=O)N(C)CC(=O)Nc3ccc(Cl)c(C(F)(F)F)c3)nc2n1. The van der Waals surface area contributed by atoms with Crippen LogP contribution >= 0.6 is 11.6 Å². The summed E-state index contributed by atoms with van der Waals surface area (Å²) in [5, 5.41) is 5.73. The lowest BCUT2D eigenvalue weighted by atomic mass is 10.2. The van der Waals surface area contributed by atoms with Crippen molar-refractivity contribution in [2.24, 2.45) is 0 Å². The molecule has 0 spiro atoms. The fourth-order valence-electron chi connectivity index (χ4n) is 2.88. The van der Waals surface area contributed by atoms with Crippen molar-refractivity contribution in [3.8, 4) is 0 Å². The second-order valence-corrected chi connectivity index (χ2v) is 7.66. The topological polar surface area (TPSA) is 119 Å². The van der Waals surface area contributed by atoms with E-state index in [4.69, 9.17) is 16.3 Å². The number of hydrogen-bond acceptors (Lipinski definition) is 7. The minimum Gasteiger partial charge on any atom is -0.450 e.